The molecule has 0 rings (SSSR count). The highest BCUT2D eigenvalue weighted by atomic mass is 28.4. The van der Waals surface area contributed by atoms with Gasteiger partial charge in [0.2, 0.25) is 5.91 Å². The van der Waals surface area contributed by atoms with Gasteiger partial charge < -0.3 is 9.33 Å². The Balaban J connectivity index is 4.99. The SMILES string of the molecule is C=CC(=O)N(C)CCCC(C)(C)[Si](C)(C)OC(C)(C)[Si](C)(C)CCCC. The molecule has 26 heavy (non-hydrogen) atoms. The van der Waals surface area contributed by atoms with Gasteiger partial charge in [0, 0.05) is 18.8 Å². The van der Waals surface area contributed by atoms with Crippen LogP contribution in [-0.2, 0) is 9.22 Å². The quantitative estimate of drug-likeness (QED) is 0.287. The van der Waals surface area contributed by atoms with Gasteiger partial charge in [-0.1, -0.05) is 59.3 Å². The van der Waals surface area contributed by atoms with Crippen molar-refractivity contribution in [2.45, 2.75) is 103 Å². The second-order valence-corrected chi connectivity index (χ2v) is 20.1. The van der Waals surface area contributed by atoms with Crippen molar-refractivity contribution >= 4 is 22.3 Å². The Morgan fingerprint density at radius 1 is 1.12 bits per heavy atom. The van der Waals surface area contributed by atoms with E-state index in [4.69, 9.17) is 4.43 Å². The van der Waals surface area contributed by atoms with Crippen LogP contribution < -0.4 is 0 Å². The number of carbonyl (C=O) groups is 1. The average Bonchev–Trinajstić information content (AvgIpc) is 2.50. The number of amides is 1. The minimum absolute atomic E-state index is 0.000341. The second kappa shape index (κ2) is 9.69. The van der Waals surface area contributed by atoms with Crippen LogP contribution in [0.1, 0.15) is 60.3 Å². The first kappa shape index (κ1) is 25.6. The van der Waals surface area contributed by atoms with Crippen molar-refractivity contribution in [3.05, 3.63) is 12.7 Å². The first-order valence-corrected chi connectivity index (χ1v) is 16.3. The number of carbonyl (C=O) groups excluding carboxylic acids is 1. The van der Waals surface area contributed by atoms with Crippen LogP contribution in [0.25, 0.3) is 0 Å². The summed E-state index contributed by atoms with van der Waals surface area (Å²) >= 11 is 0. The van der Waals surface area contributed by atoms with Crippen molar-refractivity contribution in [1.29, 1.82) is 0 Å². The average molecular weight is 400 g/mol. The molecule has 0 unspecified atom stereocenters. The molecule has 0 radical (unpaired) electrons. The molecule has 3 nitrogen and oxygen atoms in total. The lowest BCUT2D eigenvalue weighted by Gasteiger charge is -2.50. The van der Waals surface area contributed by atoms with E-state index in [2.05, 4.69) is 67.4 Å². The van der Waals surface area contributed by atoms with Crippen LogP contribution in [0.3, 0.4) is 0 Å². The number of likely N-dealkylation sites (N-methyl/N-ethyl adjacent to an activating group) is 1. The number of hydrogen-bond acceptors (Lipinski definition) is 2. The van der Waals surface area contributed by atoms with Gasteiger partial charge >= 0.3 is 0 Å². The monoisotopic (exact) mass is 399 g/mol. The van der Waals surface area contributed by atoms with Crippen molar-refractivity contribution in [1.82, 2.24) is 4.90 Å². The number of rotatable bonds is 12. The predicted molar refractivity (Wildman–Crippen MR) is 121 cm³/mol. The summed E-state index contributed by atoms with van der Waals surface area (Å²) in [6, 6.07) is 1.33. The first-order chi connectivity index (χ1) is 11.6. The third-order valence-corrected chi connectivity index (χ3v) is 16.5. The fourth-order valence-electron chi connectivity index (χ4n) is 3.16. The molecule has 0 aliphatic carbocycles. The molecular formula is C21H45NO2Si2. The van der Waals surface area contributed by atoms with E-state index in [1.165, 1.54) is 25.0 Å². The van der Waals surface area contributed by atoms with Gasteiger partial charge in [0.1, 0.15) is 0 Å². The van der Waals surface area contributed by atoms with Crippen molar-refractivity contribution in [2.24, 2.45) is 0 Å². The smallest absolute Gasteiger partial charge is 0.245 e. The van der Waals surface area contributed by atoms with Gasteiger partial charge in [-0.3, -0.25) is 4.79 Å². The van der Waals surface area contributed by atoms with Crippen LogP contribution in [0.15, 0.2) is 12.7 Å². The Labute approximate surface area is 165 Å². The molecule has 5 heteroatoms. The van der Waals surface area contributed by atoms with Crippen LogP contribution in [0.5, 0.6) is 0 Å². The largest absolute Gasteiger partial charge is 0.415 e. The molecule has 0 aromatic rings. The Hall–Kier alpha value is -0.396. The van der Waals surface area contributed by atoms with E-state index in [9.17, 15) is 4.79 Å². The van der Waals surface area contributed by atoms with Crippen LogP contribution in [0.4, 0.5) is 0 Å². The number of nitrogens with zero attached hydrogens (tertiary/aromatic N) is 1. The van der Waals surface area contributed by atoms with Gasteiger partial charge in [-0.05, 0) is 50.9 Å². The predicted octanol–water partition coefficient (Wildman–Crippen LogP) is 6.24. The number of unbranched alkanes of at least 4 members (excludes halogenated alkanes) is 1. The molecular weight excluding hydrogens is 354 g/mol. The first-order valence-electron chi connectivity index (χ1n) is 10.2. The van der Waals surface area contributed by atoms with E-state index in [0.717, 1.165) is 19.4 Å². The summed E-state index contributed by atoms with van der Waals surface area (Å²) < 4.78 is 6.98. The van der Waals surface area contributed by atoms with Crippen molar-refractivity contribution < 1.29 is 9.22 Å². The van der Waals surface area contributed by atoms with Crippen LogP contribution in [-0.4, -0.2) is 46.0 Å². The topological polar surface area (TPSA) is 29.5 Å². The fourth-order valence-corrected chi connectivity index (χ4v) is 9.20. The zero-order valence-corrected chi connectivity index (χ0v) is 21.3. The number of hydrogen-bond donors (Lipinski definition) is 0. The third kappa shape index (κ3) is 6.97. The lowest BCUT2D eigenvalue weighted by Crippen LogP contribution is -2.59. The normalized spacial score (nSPS) is 13.6. The maximum absolute atomic E-state index is 11.6. The molecule has 0 aromatic carbocycles. The van der Waals surface area contributed by atoms with Crippen LogP contribution in [0, 0.1) is 0 Å². The van der Waals surface area contributed by atoms with E-state index < -0.39 is 16.4 Å². The molecule has 1 amide bonds. The Morgan fingerprint density at radius 3 is 2.12 bits per heavy atom. The van der Waals surface area contributed by atoms with Gasteiger partial charge in [0.15, 0.2) is 8.32 Å². The Bertz CT molecular complexity index is 471. The minimum atomic E-state index is -1.91. The molecule has 0 aromatic heterocycles. The highest BCUT2D eigenvalue weighted by molar-refractivity contribution is 6.82. The molecule has 0 aliphatic heterocycles. The molecule has 0 saturated carbocycles. The lowest BCUT2D eigenvalue weighted by molar-refractivity contribution is -0.124. The maximum Gasteiger partial charge on any atom is 0.245 e. The molecule has 0 fully saturated rings. The summed E-state index contributed by atoms with van der Waals surface area (Å²) in [7, 11) is -1.52. The van der Waals surface area contributed by atoms with Crippen molar-refractivity contribution in [3.63, 3.8) is 0 Å². The van der Waals surface area contributed by atoms with E-state index in [-0.39, 0.29) is 16.2 Å². The standard InChI is InChI=1S/C21H45NO2Si2/c1-12-14-18-25(8,9)21(5,6)24-26(10,11)20(3,4)16-15-17-22(7)19(23)13-2/h13H,2,12,14-18H2,1,3-11H3. The second-order valence-electron chi connectivity index (χ2n) is 10.1. The summed E-state index contributed by atoms with van der Waals surface area (Å²) in [6.45, 7) is 25.7. The molecule has 0 heterocycles. The van der Waals surface area contributed by atoms with Crippen molar-refractivity contribution in [3.8, 4) is 0 Å². The molecule has 0 bridgehead atoms. The van der Waals surface area contributed by atoms with E-state index in [0.29, 0.717) is 0 Å². The van der Waals surface area contributed by atoms with E-state index in [1.54, 1.807) is 4.90 Å². The van der Waals surface area contributed by atoms with Gasteiger partial charge in [-0.25, -0.2) is 0 Å². The van der Waals surface area contributed by atoms with Crippen LogP contribution >= 0.6 is 0 Å². The van der Waals surface area contributed by atoms with Crippen molar-refractivity contribution in [2.75, 3.05) is 13.6 Å². The lowest BCUT2D eigenvalue weighted by atomic mass is 10.1. The Morgan fingerprint density at radius 2 is 1.65 bits per heavy atom. The van der Waals surface area contributed by atoms with Gasteiger partial charge in [0.05, 0.1) is 8.07 Å². The minimum Gasteiger partial charge on any atom is -0.415 e. The summed E-state index contributed by atoms with van der Waals surface area (Å²) in [5.41, 5.74) is 0. The molecule has 0 N–H and O–H groups in total. The molecule has 0 aliphatic rings. The fraction of sp³-hybridized carbons (Fsp3) is 0.857. The molecule has 154 valence electrons. The van der Waals surface area contributed by atoms with E-state index >= 15 is 0 Å². The van der Waals surface area contributed by atoms with Gasteiger partial charge in [-0.15, -0.1) is 0 Å². The molecule has 0 spiro atoms. The zero-order chi connectivity index (χ0) is 20.8. The summed E-state index contributed by atoms with van der Waals surface area (Å²) in [5.74, 6) is 0.000341. The summed E-state index contributed by atoms with van der Waals surface area (Å²) in [6.07, 6.45) is 6.03. The zero-order valence-electron chi connectivity index (χ0n) is 19.3. The summed E-state index contributed by atoms with van der Waals surface area (Å²) in [4.78, 5) is 13.4. The Kier molecular flexibility index (Phi) is 9.55. The van der Waals surface area contributed by atoms with Gasteiger partial charge in [0.25, 0.3) is 0 Å². The third-order valence-electron chi connectivity index (χ3n) is 6.77. The summed E-state index contributed by atoms with van der Waals surface area (Å²) in [5, 5.41) is 0.155. The van der Waals surface area contributed by atoms with Crippen LogP contribution in [0.2, 0.25) is 37.3 Å². The molecule has 0 atom stereocenters. The highest BCUT2D eigenvalue weighted by Gasteiger charge is 2.48. The maximum atomic E-state index is 11.6. The van der Waals surface area contributed by atoms with Gasteiger partial charge in [-0.2, -0.15) is 0 Å². The highest BCUT2D eigenvalue weighted by Crippen LogP contribution is 2.45. The van der Waals surface area contributed by atoms with E-state index in [1.807, 2.05) is 7.05 Å². The molecule has 0 saturated heterocycles.